The normalized spacial score (nSPS) is 13.3. The van der Waals surface area contributed by atoms with Crippen LogP contribution in [0.1, 0.15) is 50.5 Å². The summed E-state index contributed by atoms with van der Waals surface area (Å²) in [4.78, 5) is 17.2. The van der Waals surface area contributed by atoms with E-state index in [1.54, 1.807) is 0 Å². The zero-order chi connectivity index (χ0) is 21.9. The quantitative estimate of drug-likeness (QED) is 0.387. The number of rotatable bonds is 8. The number of aromatic nitrogens is 5. The Labute approximate surface area is 194 Å². The summed E-state index contributed by atoms with van der Waals surface area (Å²) < 4.78 is 1.95. The number of aryl methyl sites for hydroxylation is 1. The van der Waals surface area contributed by atoms with Crippen molar-refractivity contribution in [1.82, 2.24) is 30.3 Å². The van der Waals surface area contributed by atoms with E-state index in [2.05, 4.69) is 15.5 Å². The molecular weight excluding hydrogens is 440 g/mol. The predicted octanol–water partition coefficient (Wildman–Crippen LogP) is 4.53. The molecule has 4 aromatic rings. The molecule has 1 fully saturated rings. The van der Waals surface area contributed by atoms with Crippen LogP contribution in [0.3, 0.4) is 0 Å². The van der Waals surface area contributed by atoms with Gasteiger partial charge in [0.25, 0.3) is 5.91 Å². The van der Waals surface area contributed by atoms with Crippen LogP contribution < -0.4 is 5.32 Å². The van der Waals surface area contributed by atoms with E-state index in [0.29, 0.717) is 23.2 Å². The molecule has 1 saturated carbocycles. The number of benzene rings is 2. The summed E-state index contributed by atoms with van der Waals surface area (Å²) in [6, 6.07) is 18.2. The standard InChI is InChI=1S/C23H22N6OS2/c1-15-7-9-16(10-8-15)13-24-21(30)22-27-26-19(32-22)14-31-23-25-20(17-11-12-17)29(28-23)18-5-3-2-4-6-18/h2-10,17H,11-14H2,1H3,(H,24,30). The van der Waals surface area contributed by atoms with Gasteiger partial charge in [-0.2, -0.15) is 0 Å². The van der Waals surface area contributed by atoms with Gasteiger partial charge in [0, 0.05) is 12.5 Å². The molecule has 2 aromatic heterocycles. The minimum atomic E-state index is -0.207. The molecule has 0 bridgehead atoms. The molecule has 162 valence electrons. The molecule has 1 aliphatic rings. The van der Waals surface area contributed by atoms with E-state index in [4.69, 9.17) is 10.1 Å². The van der Waals surface area contributed by atoms with Gasteiger partial charge < -0.3 is 5.32 Å². The Kier molecular flexibility index (Phi) is 6.00. The molecule has 0 atom stereocenters. The molecule has 7 nitrogen and oxygen atoms in total. The molecule has 1 N–H and O–H groups in total. The molecule has 32 heavy (non-hydrogen) atoms. The Morgan fingerprint density at radius 3 is 2.66 bits per heavy atom. The third-order valence-electron chi connectivity index (χ3n) is 5.12. The first-order chi connectivity index (χ1) is 15.7. The van der Waals surface area contributed by atoms with Gasteiger partial charge in [-0.05, 0) is 37.5 Å². The Morgan fingerprint density at radius 1 is 1.12 bits per heavy atom. The molecule has 2 heterocycles. The van der Waals surface area contributed by atoms with Gasteiger partial charge in [-0.25, -0.2) is 9.67 Å². The molecule has 2 aromatic carbocycles. The van der Waals surface area contributed by atoms with Gasteiger partial charge in [0.1, 0.15) is 10.8 Å². The molecule has 0 aliphatic heterocycles. The summed E-state index contributed by atoms with van der Waals surface area (Å²) in [6.07, 6.45) is 2.32. The van der Waals surface area contributed by atoms with E-state index in [1.165, 1.54) is 28.7 Å². The van der Waals surface area contributed by atoms with Crippen molar-refractivity contribution in [1.29, 1.82) is 0 Å². The first-order valence-electron chi connectivity index (χ1n) is 10.5. The van der Waals surface area contributed by atoms with Crippen molar-refractivity contribution < 1.29 is 4.79 Å². The van der Waals surface area contributed by atoms with E-state index in [-0.39, 0.29) is 5.91 Å². The number of amides is 1. The van der Waals surface area contributed by atoms with Crippen molar-refractivity contribution in [3.63, 3.8) is 0 Å². The molecule has 0 radical (unpaired) electrons. The van der Waals surface area contributed by atoms with Crippen molar-refractivity contribution in [2.75, 3.05) is 0 Å². The topological polar surface area (TPSA) is 85.6 Å². The van der Waals surface area contributed by atoms with Crippen LogP contribution in [0, 0.1) is 6.92 Å². The highest BCUT2D eigenvalue weighted by atomic mass is 32.2. The Bertz CT molecular complexity index is 1220. The van der Waals surface area contributed by atoms with E-state index < -0.39 is 0 Å². The lowest BCUT2D eigenvalue weighted by Crippen LogP contribution is -2.22. The molecule has 0 unspecified atom stereocenters. The zero-order valence-corrected chi connectivity index (χ0v) is 19.2. The second-order valence-corrected chi connectivity index (χ2v) is 9.74. The largest absolute Gasteiger partial charge is 0.346 e. The van der Waals surface area contributed by atoms with Crippen LogP contribution in [0.2, 0.25) is 0 Å². The Morgan fingerprint density at radius 2 is 1.91 bits per heavy atom. The number of carbonyl (C=O) groups excluding carboxylic acids is 1. The maximum atomic E-state index is 12.4. The molecular formula is C23H22N6OS2. The van der Waals surface area contributed by atoms with E-state index in [9.17, 15) is 4.79 Å². The minimum Gasteiger partial charge on any atom is -0.346 e. The summed E-state index contributed by atoms with van der Waals surface area (Å²) in [5.74, 6) is 1.88. The molecule has 1 aliphatic carbocycles. The average Bonchev–Trinajstić information content (AvgIpc) is 3.40. The number of thioether (sulfide) groups is 1. The van der Waals surface area contributed by atoms with Crippen LogP contribution in [0.15, 0.2) is 59.8 Å². The highest BCUT2D eigenvalue weighted by Crippen LogP contribution is 2.40. The highest BCUT2D eigenvalue weighted by Gasteiger charge is 2.30. The van der Waals surface area contributed by atoms with Crippen LogP contribution in [0.5, 0.6) is 0 Å². The van der Waals surface area contributed by atoms with Crippen LogP contribution in [-0.2, 0) is 12.3 Å². The number of nitrogens with zero attached hydrogens (tertiary/aromatic N) is 5. The number of para-hydroxylation sites is 1. The van der Waals surface area contributed by atoms with Crippen LogP contribution >= 0.6 is 23.1 Å². The first kappa shape index (κ1) is 20.8. The molecule has 0 spiro atoms. The summed E-state index contributed by atoms with van der Waals surface area (Å²) in [5.41, 5.74) is 3.27. The summed E-state index contributed by atoms with van der Waals surface area (Å²) in [6.45, 7) is 2.51. The molecule has 9 heteroatoms. The maximum absolute atomic E-state index is 12.4. The summed E-state index contributed by atoms with van der Waals surface area (Å²) in [7, 11) is 0. The number of carbonyl (C=O) groups is 1. The fourth-order valence-corrected chi connectivity index (χ4v) is 4.80. The van der Waals surface area contributed by atoms with Gasteiger partial charge in [-0.15, -0.1) is 15.3 Å². The summed E-state index contributed by atoms with van der Waals surface area (Å²) >= 11 is 2.82. The maximum Gasteiger partial charge on any atom is 0.282 e. The number of hydrogen-bond acceptors (Lipinski definition) is 7. The lowest BCUT2D eigenvalue weighted by atomic mass is 10.1. The zero-order valence-electron chi connectivity index (χ0n) is 17.6. The van der Waals surface area contributed by atoms with Crippen molar-refractivity contribution >= 4 is 29.0 Å². The Hall–Kier alpha value is -3.04. The third-order valence-corrected chi connectivity index (χ3v) is 7.07. The predicted molar refractivity (Wildman–Crippen MR) is 125 cm³/mol. The third kappa shape index (κ3) is 4.89. The molecule has 0 saturated heterocycles. The van der Waals surface area contributed by atoms with Gasteiger partial charge >= 0.3 is 0 Å². The van der Waals surface area contributed by atoms with Crippen molar-refractivity contribution in [3.8, 4) is 5.69 Å². The Balaban J connectivity index is 1.21. The van der Waals surface area contributed by atoms with Gasteiger partial charge in [-0.3, -0.25) is 4.79 Å². The fraction of sp³-hybridized carbons (Fsp3) is 0.261. The van der Waals surface area contributed by atoms with Gasteiger partial charge in [-0.1, -0.05) is 71.1 Å². The second kappa shape index (κ2) is 9.22. The molecule has 5 rings (SSSR count). The van der Waals surface area contributed by atoms with E-state index in [1.807, 2.05) is 66.2 Å². The van der Waals surface area contributed by atoms with Crippen molar-refractivity contribution in [2.45, 2.75) is 43.1 Å². The monoisotopic (exact) mass is 462 g/mol. The molecule has 1 amide bonds. The minimum absolute atomic E-state index is 0.207. The second-order valence-electron chi connectivity index (χ2n) is 7.73. The van der Waals surface area contributed by atoms with Crippen LogP contribution in [0.4, 0.5) is 0 Å². The number of hydrogen-bond donors (Lipinski definition) is 1. The lowest BCUT2D eigenvalue weighted by molar-refractivity contribution is 0.0950. The van der Waals surface area contributed by atoms with E-state index >= 15 is 0 Å². The smallest absolute Gasteiger partial charge is 0.282 e. The van der Waals surface area contributed by atoms with Gasteiger partial charge in [0.05, 0.1) is 11.4 Å². The number of nitrogens with one attached hydrogen (secondary N) is 1. The van der Waals surface area contributed by atoms with Crippen LogP contribution in [-0.4, -0.2) is 30.9 Å². The van der Waals surface area contributed by atoms with Crippen molar-refractivity contribution in [3.05, 3.63) is 81.6 Å². The van der Waals surface area contributed by atoms with Gasteiger partial charge in [0.2, 0.25) is 10.2 Å². The van der Waals surface area contributed by atoms with E-state index in [0.717, 1.165) is 40.1 Å². The van der Waals surface area contributed by atoms with Crippen molar-refractivity contribution in [2.24, 2.45) is 0 Å². The SMILES string of the molecule is Cc1ccc(CNC(=O)c2nnc(CSc3nc(C4CC4)n(-c4ccccc4)n3)s2)cc1. The average molecular weight is 463 g/mol. The lowest BCUT2D eigenvalue weighted by Gasteiger charge is -2.03. The summed E-state index contributed by atoms with van der Waals surface area (Å²) in [5, 5.41) is 17.7. The highest BCUT2D eigenvalue weighted by molar-refractivity contribution is 7.98. The van der Waals surface area contributed by atoms with Gasteiger partial charge in [0.15, 0.2) is 0 Å². The fourth-order valence-electron chi connectivity index (χ4n) is 3.22. The van der Waals surface area contributed by atoms with Crippen LogP contribution in [0.25, 0.3) is 5.69 Å². The first-order valence-corrected chi connectivity index (χ1v) is 12.3.